The van der Waals surface area contributed by atoms with Gasteiger partial charge in [-0.15, -0.1) is 5.10 Å². The zero-order valence-corrected chi connectivity index (χ0v) is 15.8. The van der Waals surface area contributed by atoms with E-state index < -0.39 is 12.0 Å². The third-order valence-electron chi connectivity index (χ3n) is 3.65. The van der Waals surface area contributed by atoms with Crippen LogP contribution in [0.5, 0.6) is 11.5 Å². The fraction of sp³-hybridized carbons (Fsp3) is 0.500. The van der Waals surface area contributed by atoms with Crippen LogP contribution in [0.3, 0.4) is 0 Å². The largest absolute Gasteiger partial charge is 0.493 e. The summed E-state index contributed by atoms with van der Waals surface area (Å²) in [7, 11) is 4.58. The maximum Gasteiger partial charge on any atom is 0.451 e. The average Bonchev–Trinajstić information content (AvgIpc) is 2.84. The van der Waals surface area contributed by atoms with Crippen LogP contribution in [0.4, 0.5) is 13.2 Å². The zero-order valence-electron chi connectivity index (χ0n) is 15.0. The van der Waals surface area contributed by atoms with Crippen LogP contribution in [0, 0.1) is 4.77 Å². The second-order valence-electron chi connectivity index (χ2n) is 5.74. The standard InChI is InChI=1S/C16H21F3N4O2S/c1-5-25-12-7-6-11(8-13(12)24-4)9-21(2)10-23-15(26)22(3)14(20-23)16(17,18)19/h6-8H,5,9-10H2,1-4H3. The smallest absolute Gasteiger partial charge is 0.451 e. The van der Waals surface area contributed by atoms with Crippen LogP contribution in [-0.2, 0) is 26.4 Å². The lowest BCUT2D eigenvalue weighted by atomic mass is 10.2. The second-order valence-corrected chi connectivity index (χ2v) is 6.10. The third-order valence-corrected chi connectivity index (χ3v) is 4.13. The summed E-state index contributed by atoms with van der Waals surface area (Å²) < 4.78 is 51.6. The number of aromatic nitrogens is 3. The molecule has 0 spiro atoms. The SMILES string of the molecule is CCOc1ccc(CN(C)Cn2nc(C(F)(F)F)n(C)c2=S)cc1OC. The van der Waals surface area contributed by atoms with E-state index >= 15 is 0 Å². The molecule has 1 aromatic heterocycles. The molecule has 2 rings (SSSR count). The summed E-state index contributed by atoms with van der Waals surface area (Å²) in [6.07, 6.45) is -4.55. The molecule has 0 aliphatic carbocycles. The number of halogens is 3. The first-order chi connectivity index (χ1) is 12.2. The third kappa shape index (κ3) is 4.55. The van der Waals surface area contributed by atoms with Crippen LogP contribution >= 0.6 is 12.2 Å². The molecule has 0 bridgehead atoms. The topological polar surface area (TPSA) is 44.5 Å². The van der Waals surface area contributed by atoms with Gasteiger partial charge < -0.3 is 9.47 Å². The number of hydrogen-bond acceptors (Lipinski definition) is 5. The van der Waals surface area contributed by atoms with Gasteiger partial charge in [-0.25, -0.2) is 4.68 Å². The molecule has 26 heavy (non-hydrogen) atoms. The van der Waals surface area contributed by atoms with Gasteiger partial charge in [0, 0.05) is 13.6 Å². The average molecular weight is 390 g/mol. The molecule has 0 N–H and O–H groups in total. The molecule has 0 saturated heterocycles. The first-order valence-electron chi connectivity index (χ1n) is 7.86. The van der Waals surface area contributed by atoms with Crippen molar-refractivity contribution in [3.05, 3.63) is 34.4 Å². The van der Waals surface area contributed by atoms with Gasteiger partial charge in [-0.1, -0.05) is 6.07 Å². The summed E-state index contributed by atoms with van der Waals surface area (Å²) in [6.45, 7) is 3.00. The van der Waals surface area contributed by atoms with Gasteiger partial charge in [-0.3, -0.25) is 9.47 Å². The zero-order chi connectivity index (χ0) is 19.5. The summed E-state index contributed by atoms with van der Waals surface area (Å²) in [4.78, 5) is 1.80. The van der Waals surface area contributed by atoms with Crippen molar-refractivity contribution < 1.29 is 22.6 Å². The Morgan fingerprint density at radius 1 is 1.27 bits per heavy atom. The number of rotatable bonds is 7. The Morgan fingerprint density at radius 3 is 2.50 bits per heavy atom. The molecule has 0 unspecified atom stereocenters. The van der Waals surface area contributed by atoms with Crippen LogP contribution in [0.25, 0.3) is 0 Å². The molecule has 10 heteroatoms. The minimum atomic E-state index is -4.55. The van der Waals surface area contributed by atoms with Crippen LogP contribution in [0.2, 0.25) is 0 Å². The molecule has 0 fully saturated rings. The normalized spacial score (nSPS) is 11.8. The first kappa shape index (κ1) is 20.2. The van der Waals surface area contributed by atoms with E-state index in [1.54, 1.807) is 25.1 Å². The highest BCUT2D eigenvalue weighted by Gasteiger charge is 2.37. The van der Waals surface area contributed by atoms with Crippen molar-refractivity contribution in [2.45, 2.75) is 26.3 Å². The van der Waals surface area contributed by atoms with Crippen LogP contribution in [0.1, 0.15) is 18.3 Å². The van der Waals surface area contributed by atoms with Crippen LogP contribution in [-0.4, -0.2) is 40.0 Å². The van der Waals surface area contributed by atoms with E-state index in [0.29, 0.717) is 24.7 Å². The van der Waals surface area contributed by atoms with E-state index in [1.807, 2.05) is 19.1 Å². The second kappa shape index (κ2) is 8.09. The minimum absolute atomic E-state index is 0.00782. The maximum atomic E-state index is 12.9. The minimum Gasteiger partial charge on any atom is -0.493 e. The Balaban J connectivity index is 2.14. The molecule has 0 aliphatic heterocycles. The van der Waals surface area contributed by atoms with E-state index in [2.05, 4.69) is 5.10 Å². The van der Waals surface area contributed by atoms with Crippen molar-refractivity contribution in [1.29, 1.82) is 0 Å². The quantitative estimate of drug-likeness (QED) is 0.678. The summed E-state index contributed by atoms with van der Waals surface area (Å²) in [5.41, 5.74) is 0.922. The van der Waals surface area contributed by atoms with Gasteiger partial charge in [0.05, 0.1) is 20.4 Å². The highest BCUT2D eigenvalue weighted by atomic mass is 32.1. The summed E-state index contributed by atoms with van der Waals surface area (Å²) in [6, 6.07) is 5.52. The fourth-order valence-electron chi connectivity index (χ4n) is 2.50. The molecule has 6 nitrogen and oxygen atoms in total. The van der Waals surface area contributed by atoms with Gasteiger partial charge in [0.1, 0.15) is 0 Å². The summed E-state index contributed by atoms with van der Waals surface area (Å²) in [5.74, 6) is 0.230. The monoisotopic (exact) mass is 390 g/mol. The number of hydrogen-bond donors (Lipinski definition) is 0. The van der Waals surface area contributed by atoms with Gasteiger partial charge >= 0.3 is 6.18 Å². The van der Waals surface area contributed by atoms with Gasteiger partial charge in [0.2, 0.25) is 5.82 Å². The molecule has 2 aromatic rings. The Hall–Kier alpha value is -2.07. The Morgan fingerprint density at radius 2 is 1.96 bits per heavy atom. The van der Waals surface area contributed by atoms with Crippen molar-refractivity contribution >= 4 is 12.2 Å². The number of benzene rings is 1. The Labute approximate surface area is 154 Å². The first-order valence-corrected chi connectivity index (χ1v) is 8.27. The number of methoxy groups -OCH3 is 1. The van der Waals surface area contributed by atoms with Crippen molar-refractivity contribution in [2.75, 3.05) is 20.8 Å². The van der Waals surface area contributed by atoms with Gasteiger partial charge in [0.25, 0.3) is 0 Å². The predicted molar refractivity (Wildman–Crippen MR) is 92.7 cm³/mol. The summed E-state index contributed by atoms with van der Waals surface area (Å²) >= 11 is 5.05. The predicted octanol–water partition coefficient (Wildman–Crippen LogP) is 3.47. The van der Waals surface area contributed by atoms with Crippen molar-refractivity contribution in [3.8, 4) is 11.5 Å². The number of alkyl halides is 3. The lowest BCUT2D eigenvalue weighted by Crippen LogP contribution is -2.23. The van der Waals surface area contributed by atoms with Crippen molar-refractivity contribution in [1.82, 2.24) is 19.2 Å². The molecule has 0 radical (unpaired) electrons. The van der Waals surface area contributed by atoms with Crippen LogP contribution in [0.15, 0.2) is 18.2 Å². The molecular weight excluding hydrogens is 369 g/mol. The lowest BCUT2D eigenvalue weighted by molar-refractivity contribution is -0.147. The lowest BCUT2D eigenvalue weighted by Gasteiger charge is -2.18. The van der Waals surface area contributed by atoms with E-state index in [1.165, 1.54) is 7.05 Å². The molecule has 144 valence electrons. The summed E-state index contributed by atoms with van der Waals surface area (Å²) in [5, 5.41) is 3.60. The molecule has 1 aromatic carbocycles. The van der Waals surface area contributed by atoms with E-state index in [-0.39, 0.29) is 11.4 Å². The molecule has 0 atom stereocenters. The molecule has 1 heterocycles. The fourth-order valence-corrected chi connectivity index (χ4v) is 2.69. The van der Waals surface area contributed by atoms with Gasteiger partial charge in [-0.05, 0) is 43.9 Å². The van der Waals surface area contributed by atoms with E-state index in [0.717, 1.165) is 14.8 Å². The van der Waals surface area contributed by atoms with E-state index in [4.69, 9.17) is 21.7 Å². The maximum absolute atomic E-state index is 12.9. The highest BCUT2D eigenvalue weighted by molar-refractivity contribution is 7.71. The van der Waals surface area contributed by atoms with E-state index in [9.17, 15) is 13.2 Å². The number of ether oxygens (including phenoxy) is 2. The van der Waals surface area contributed by atoms with Gasteiger partial charge in [-0.2, -0.15) is 13.2 Å². The highest BCUT2D eigenvalue weighted by Crippen LogP contribution is 2.29. The van der Waals surface area contributed by atoms with Gasteiger partial charge in [0.15, 0.2) is 16.3 Å². The van der Waals surface area contributed by atoms with Crippen molar-refractivity contribution in [2.24, 2.45) is 7.05 Å². The molecular formula is C16H21F3N4O2S. The molecule has 0 saturated carbocycles. The molecule has 0 amide bonds. The van der Waals surface area contributed by atoms with Crippen molar-refractivity contribution in [3.63, 3.8) is 0 Å². The Kier molecular flexibility index (Phi) is 6.30. The number of nitrogens with zero attached hydrogens (tertiary/aromatic N) is 4. The van der Waals surface area contributed by atoms with Crippen LogP contribution < -0.4 is 9.47 Å². The Bertz CT molecular complexity index is 817. The molecule has 0 aliphatic rings.